The Balaban J connectivity index is 2.50. The lowest BCUT2D eigenvalue weighted by Crippen LogP contribution is -2.33. The highest BCUT2D eigenvalue weighted by molar-refractivity contribution is 5.89. The van der Waals surface area contributed by atoms with Crippen LogP contribution in [0.4, 0.5) is 19.3 Å². The Morgan fingerprint density at radius 1 is 1.47 bits per heavy atom. The lowest BCUT2D eigenvalue weighted by Gasteiger charge is -2.11. The number of rotatable bonds is 4. The van der Waals surface area contributed by atoms with Gasteiger partial charge in [-0.1, -0.05) is 6.92 Å². The molecule has 1 atom stereocenters. The summed E-state index contributed by atoms with van der Waals surface area (Å²) in [5.41, 5.74) is -0.0967. The number of aliphatic hydroxyl groups excluding tert-OH is 1. The van der Waals surface area contributed by atoms with Crippen molar-refractivity contribution in [2.24, 2.45) is 5.92 Å². The van der Waals surface area contributed by atoms with Gasteiger partial charge in [0.2, 0.25) is 0 Å². The summed E-state index contributed by atoms with van der Waals surface area (Å²) in [4.78, 5) is 11.3. The number of hydrogen-bond donors (Lipinski definition) is 3. The van der Waals surface area contributed by atoms with Gasteiger partial charge in [-0.3, -0.25) is 0 Å². The fourth-order valence-corrected chi connectivity index (χ4v) is 1.09. The first-order valence-electron chi connectivity index (χ1n) is 5.13. The van der Waals surface area contributed by atoms with Crippen LogP contribution in [0.3, 0.4) is 0 Å². The summed E-state index contributed by atoms with van der Waals surface area (Å²) in [6.45, 7) is 1.97. The molecule has 6 heteroatoms. The molecule has 0 fully saturated rings. The number of benzene rings is 1. The summed E-state index contributed by atoms with van der Waals surface area (Å²) in [7, 11) is 0. The van der Waals surface area contributed by atoms with Crippen molar-refractivity contribution in [2.45, 2.75) is 6.92 Å². The van der Waals surface area contributed by atoms with E-state index < -0.39 is 17.7 Å². The molecule has 2 amide bonds. The maximum Gasteiger partial charge on any atom is 0.319 e. The van der Waals surface area contributed by atoms with Gasteiger partial charge in [0.25, 0.3) is 0 Å². The molecular weight excluding hydrogens is 230 g/mol. The molecule has 1 aromatic rings. The van der Waals surface area contributed by atoms with Crippen LogP contribution in [0.15, 0.2) is 18.2 Å². The second kappa shape index (κ2) is 6.15. The van der Waals surface area contributed by atoms with Gasteiger partial charge in [0, 0.05) is 19.2 Å². The summed E-state index contributed by atoms with van der Waals surface area (Å²) in [5, 5.41) is 13.4. The molecule has 1 unspecified atom stereocenters. The van der Waals surface area contributed by atoms with Crippen LogP contribution in [0.25, 0.3) is 0 Å². The molecule has 0 saturated heterocycles. The van der Waals surface area contributed by atoms with Crippen molar-refractivity contribution >= 4 is 11.7 Å². The highest BCUT2D eigenvalue weighted by Gasteiger charge is 2.08. The van der Waals surface area contributed by atoms with Gasteiger partial charge in [-0.15, -0.1) is 0 Å². The largest absolute Gasteiger partial charge is 0.396 e. The van der Waals surface area contributed by atoms with Gasteiger partial charge >= 0.3 is 6.03 Å². The predicted molar refractivity (Wildman–Crippen MR) is 59.6 cm³/mol. The van der Waals surface area contributed by atoms with Crippen molar-refractivity contribution in [3.63, 3.8) is 0 Å². The molecule has 0 aliphatic rings. The summed E-state index contributed by atoms with van der Waals surface area (Å²) in [5.74, 6) is -1.63. The van der Waals surface area contributed by atoms with Crippen LogP contribution >= 0.6 is 0 Å². The van der Waals surface area contributed by atoms with E-state index in [4.69, 9.17) is 5.11 Å². The van der Waals surface area contributed by atoms with Gasteiger partial charge in [0.05, 0.1) is 5.69 Å². The van der Waals surface area contributed by atoms with Crippen LogP contribution in [0.1, 0.15) is 6.92 Å². The number of carbonyl (C=O) groups is 1. The third-order valence-corrected chi connectivity index (χ3v) is 2.10. The standard InChI is InChI=1S/C11H14F2N2O2/c1-7(6-16)5-14-11(17)15-10-3-2-8(12)4-9(10)13/h2-4,7,16H,5-6H2,1H3,(H2,14,15,17). The Bertz CT molecular complexity index is 399. The van der Waals surface area contributed by atoms with Crippen LogP contribution in [-0.4, -0.2) is 24.3 Å². The van der Waals surface area contributed by atoms with E-state index >= 15 is 0 Å². The molecule has 3 N–H and O–H groups in total. The Morgan fingerprint density at radius 3 is 2.76 bits per heavy atom. The fourth-order valence-electron chi connectivity index (χ4n) is 1.09. The predicted octanol–water partition coefficient (Wildman–Crippen LogP) is 1.71. The minimum absolute atomic E-state index is 0.0504. The third kappa shape index (κ3) is 4.36. The maximum atomic E-state index is 13.2. The summed E-state index contributed by atoms with van der Waals surface area (Å²) in [6.07, 6.45) is 0. The molecule has 0 radical (unpaired) electrons. The highest BCUT2D eigenvalue weighted by atomic mass is 19.1. The van der Waals surface area contributed by atoms with E-state index in [0.29, 0.717) is 6.07 Å². The number of halogens is 2. The number of carbonyl (C=O) groups excluding carboxylic acids is 1. The summed E-state index contributed by atoms with van der Waals surface area (Å²) >= 11 is 0. The zero-order chi connectivity index (χ0) is 12.8. The maximum absolute atomic E-state index is 13.2. The number of hydrogen-bond acceptors (Lipinski definition) is 2. The SMILES string of the molecule is CC(CO)CNC(=O)Nc1ccc(F)cc1F. The highest BCUT2D eigenvalue weighted by Crippen LogP contribution is 2.14. The van der Waals surface area contributed by atoms with Crippen LogP contribution in [0, 0.1) is 17.6 Å². The molecule has 0 saturated carbocycles. The molecule has 1 rings (SSSR count). The molecule has 0 aromatic heterocycles. The Morgan fingerprint density at radius 2 is 2.18 bits per heavy atom. The number of urea groups is 1. The molecule has 4 nitrogen and oxygen atoms in total. The Kier molecular flexibility index (Phi) is 4.84. The second-order valence-electron chi connectivity index (χ2n) is 3.75. The van der Waals surface area contributed by atoms with Crippen molar-refractivity contribution in [3.05, 3.63) is 29.8 Å². The Labute approximate surface area is 97.6 Å². The average Bonchev–Trinajstić information content (AvgIpc) is 2.29. The number of nitrogens with one attached hydrogen (secondary N) is 2. The molecule has 94 valence electrons. The Hall–Kier alpha value is -1.69. The smallest absolute Gasteiger partial charge is 0.319 e. The van der Waals surface area contributed by atoms with Crippen molar-refractivity contribution in [1.82, 2.24) is 5.32 Å². The van der Waals surface area contributed by atoms with Crippen LogP contribution in [0.2, 0.25) is 0 Å². The van der Waals surface area contributed by atoms with Crippen molar-refractivity contribution < 1.29 is 18.7 Å². The summed E-state index contributed by atoms with van der Waals surface area (Å²) in [6, 6.07) is 2.27. The molecule has 0 bridgehead atoms. The minimum Gasteiger partial charge on any atom is -0.396 e. The zero-order valence-corrected chi connectivity index (χ0v) is 9.34. The molecule has 1 aromatic carbocycles. The van der Waals surface area contributed by atoms with Gasteiger partial charge in [0.1, 0.15) is 11.6 Å². The zero-order valence-electron chi connectivity index (χ0n) is 9.34. The third-order valence-electron chi connectivity index (χ3n) is 2.10. The van der Waals surface area contributed by atoms with E-state index in [9.17, 15) is 13.6 Å². The van der Waals surface area contributed by atoms with E-state index in [1.54, 1.807) is 6.92 Å². The molecular formula is C11H14F2N2O2. The number of amides is 2. The van der Waals surface area contributed by atoms with Gasteiger partial charge in [0.15, 0.2) is 0 Å². The van der Waals surface area contributed by atoms with Crippen molar-refractivity contribution in [1.29, 1.82) is 0 Å². The molecule has 0 heterocycles. The van der Waals surface area contributed by atoms with E-state index in [2.05, 4.69) is 10.6 Å². The lowest BCUT2D eigenvalue weighted by atomic mass is 10.2. The normalized spacial score (nSPS) is 12.0. The van der Waals surface area contributed by atoms with Gasteiger partial charge in [-0.2, -0.15) is 0 Å². The quantitative estimate of drug-likeness (QED) is 0.755. The van der Waals surface area contributed by atoms with Gasteiger partial charge < -0.3 is 15.7 Å². The first kappa shape index (κ1) is 13.4. The van der Waals surface area contributed by atoms with Crippen LogP contribution < -0.4 is 10.6 Å². The second-order valence-corrected chi connectivity index (χ2v) is 3.75. The first-order valence-corrected chi connectivity index (χ1v) is 5.13. The van der Waals surface area contributed by atoms with Gasteiger partial charge in [-0.05, 0) is 18.1 Å². The molecule has 0 aliphatic carbocycles. The minimum atomic E-state index is -0.838. The van der Waals surface area contributed by atoms with E-state index in [1.165, 1.54) is 0 Å². The number of anilines is 1. The monoisotopic (exact) mass is 244 g/mol. The van der Waals surface area contributed by atoms with Crippen molar-refractivity contribution in [2.75, 3.05) is 18.5 Å². The topological polar surface area (TPSA) is 61.4 Å². The van der Waals surface area contributed by atoms with Gasteiger partial charge in [-0.25, -0.2) is 13.6 Å². The lowest BCUT2D eigenvalue weighted by molar-refractivity contribution is 0.227. The summed E-state index contributed by atoms with van der Waals surface area (Å²) < 4.78 is 25.7. The molecule has 17 heavy (non-hydrogen) atoms. The van der Waals surface area contributed by atoms with Crippen LogP contribution in [0.5, 0.6) is 0 Å². The van der Waals surface area contributed by atoms with E-state index in [1.807, 2.05) is 0 Å². The first-order chi connectivity index (χ1) is 8.02. The van der Waals surface area contributed by atoms with E-state index in [0.717, 1.165) is 12.1 Å². The van der Waals surface area contributed by atoms with E-state index in [-0.39, 0.29) is 24.8 Å². The molecule has 0 aliphatic heterocycles. The number of aliphatic hydroxyl groups is 1. The fraction of sp³-hybridized carbons (Fsp3) is 0.364. The molecule has 0 spiro atoms. The van der Waals surface area contributed by atoms with Crippen LogP contribution in [-0.2, 0) is 0 Å². The average molecular weight is 244 g/mol. The van der Waals surface area contributed by atoms with Crippen molar-refractivity contribution in [3.8, 4) is 0 Å².